The van der Waals surface area contributed by atoms with Crippen LogP contribution in [0.1, 0.15) is 21.6 Å². The first-order valence-corrected chi connectivity index (χ1v) is 6.63. The molecule has 2 N–H and O–H groups in total. The van der Waals surface area contributed by atoms with Crippen LogP contribution in [0.4, 0.5) is 5.82 Å². The molecule has 0 aliphatic rings. The largest absolute Gasteiger partial charge is 0.343 e. The third-order valence-electron chi connectivity index (χ3n) is 2.88. The first-order chi connectivity index (χ1) is 10.0. The van der Waals surface area contributed by atoms with Crippen molar-refractivity contribution in [3.05, 3.63) is 59.3 Å². The van der Waals surface area contributed by atoms with E-state index in [-0.39, 0.29) is 18.4 Å². The minimum absolute atomic E-state index is 0.0949. The molecule has 0 atom stereocenters. The Morgan fingerprint density at radius 1 is 1.05 bits per heavy atom. The molecule has 2 rings (SSSR count). The van der Waals surface area contributed by atoms with Gasteiger partial charge in [-0.25, -0.2) is 4.98 Å². The van der Waals surface area contributed by atoms with Gasteiger partial charge in [0, 0.05) is 11.3 Å². The molecule has 0 unspecified atom stereocenters. The number of benzene rings is 1. The maximum absolute atomic E-state index is 11.9. The molecule has 2 amide bonds. The Balaban J connectivity index is 1.86. The SMILES string of the molecule is Cc1ccc(C(=O)NCC(=O)Nc2cccc(C)n2)cc1. The summed E-state index contributed by atoms with van der Waals surface area (Å²) >= 11 is 0. The maximum Gasteiger partial charge on any atom is 0.251 e. The number of nitrogens with zero attached hydrogens (tertiary/aromatic N) is 1. The molecule has 0 radical (unpaired) electrons. The number of anilines is 1. The van der Waals surface area contributed by atoms with Crippen LogP contribution in [0.5, 0.6) is 0 Å². The highest BCUT2D eigenvalue weighted by Crippen LogP contribution is 2.04. The molecule has 0 bridgehead atoms. The summed E-state index contributed by atoms with van der Waals surface area (Å²) in [7, 11) is 0. The van der Waals surface area contributed by atoms with Gasteiger partial charge in [0.1, 0.15) is 5.82 Å². The summed E-state index contributed by atoms with van der Waals surface area (Å²) in [5.74, 6) is -0.111. The molecule has 0 fully saturated rings. The van der Waals surface area contributed by atoms with Gasteiger partial charge in [-0.1, -0.05) is 23.8 Å². The molecule has 0 spiro atoms. The molecule has 1 heterocycles. The second kappa shape index (κ2) is 6.65. The number of rotatable bonds is 4. The van der Waals surface area contributed by atoms with Crippen LogP contribution in [-0.4, -0.2) is 23.3 Å². The first-order valence-electron chi connectivity index (χ1n) is 6.63. The highest BCUT2D eigenvalue weighted by atomic mass is 16.2. The molecule has 5 heteroatoms. The topological polar surface area (TPSA) is 71.1 Å². The van der Waals surface area contributed by atoms with E-state index in [1.165, 1.54) is 0 Å². The smallest absolute Gasteiger partial charge is 0.251 e. The van der Waals surface area contributed by atoms with Gasteiger partial charge in [-0.05, 0) is 38.1 Å². The van der Waals surface area contributed by atoms with Crippen molar-refractivity contribution in [3.8, 4) is 0 Å². The minimum atomic E-state index is -0.312. The summed E-state index contributed by atoms with van der Waals surface area (Å²) in [5.41, 5.74) is 2.42. The monoisotopic (exact) mass is 283 g/mol. The summed E-state index contributed by atoms with van der Waals surface area (Å²) in [4.78, 5) is 27.8. The van der Waals surface area contributed by atoms with Crippen LogP contribution in [0.25, 0.3) is 0 Å². The van der Waals surface area contributed by atoms with Crippen molar-refractivity contribution >= 4 is 17.6 Å². The average molecular weight is 283 g/mol. The standard InChI is InChI=1S/C16H17N3O2/c1-11-6-8-13(9-7-11)16(21)17-10-15(20)19-14-5-3-4-12(2)18-14/h3-9H,10H2,1-2H3,(H,17,21)(H,18,19,20). The number of pyridine rings is 1. The number of carbonyl (C=O) groups excluding carboxylic acids is 2. The molecule has 1 aromatic carbocycles. The van der Waals surface area contributed by atoms with E-state index in [1.54, 1.807) is 18.2 Å². The fourth-order valence-corrected chi connectivity index (χ4v) is 1.77. The van der Waals surface area contributed by atoms with E-state index in [0.29, 0.717) is 11.4 Å². The molecule has 2 aromatic rings. The average Bonchev–Trinajstić information content (AvgIpc) is 2.45. The zero-order valence-corrected chi connectivity index (χ0v) is 12.0. The van der Waals surface area contributed by atoms with E-state index in [4.69, 9.17) is 0 Å². The predicted octanol–water partition coefficient (Wildman–Crippen LogP) is 2.07. The number of nitrogens with one attached hydrogen (secondary N) is 2. The maximum atomic E-state index is 11.9. The molecule has 5 nitrogen and oxygen atoms in total. The highest BCUT2D eigenvalue weighted by Gasteiger charge is 2.08. The lowest BCUT2D eigenvalue weighted by Crippen LogP contribution is -2.33. The van der Waals surface area contributed by atoms with Crippen molar-refractivity contribution in [2.24, 2.45) is 0 Å². The van der Waals surface area contributed by atoms with Crippen LogP contribution >= 0.6 is 0 Å². The lowest BCUT2D eigenvalue weighted by Gasteiger charge is -2.07. The Kier molecular flexibility index (Phi) is 4.66. The number of hydrogen-bond acceptors (Lipinski definition) is 3. The highest BCUT2D eigenvalue weighted by molar-refractivity contribution is 5.99. The Labute approximate surface area is 123 Å². The summed E-state index contributed by atoms with van der Waals surface area (Å²) in [6.07, 6.45) is 0. The van der Waals surface area contributed by atoms with Crippen LogP contribution < -0.4 is 10.6 Å². The summed E-state index contributed by atoms with van der Waals surface area (Å²) in [6.45, 7) is 3.70. The van der Waals surface area contributed by atoms with Gasteiger partial charge in [0.25, 0.3) is 5.91 Å². The van der Waals surface area contributed by atoms with Crippen LogP contribution in [0.15, 0.2) is 42.5 Å². The van der Waals surface area contributed by atoms with Crippen molar-refractivity contribution in [2.75, 3.05) is 11.9 Å². The summed E-state index contributed by atoms with van der Waals surface area (Å²) < 4.78 is 0. The molecular weight excluding hydrogens is 266 g/mol. The molecule has 0 aliphatic carbocycles. The van der Waals surface area contributed by atoms with Crippen molar-refractivity contribution < 1.29 is 9.59 Å². The normalized spacial score (nSPS) is 10.0. The molecular formula is C16H17N3O2. The Hall–Kier alpha value is -2.69. The lowest BCUT2D eigenvalue weighted by molar-refractivity contribution is -0.115. The number of amides is 2. The summed E-state index contributed by atoms with van der Waals surface area (Å²) in [5, 5.41) is 5.21. The zero-order valence-electron chi connectivity index (χ0n) is 12.0. The Morgan fingerprint density at radius 2 is 1.76 bits per heavy atom. The number of hydrogen-bond donors (Lipinski definition) is 2. The van der Waals surface area contributed by atoms with Gasteiger partial charge >= 0.3 is 0 Å². The molecule has 108 valence electrons. The Morgan fingerprint density at radius 3 is 2.43 bits per heavy atom. The van der Waals surface area contributed by atoms with Crippen molar-refractivity contribution in [1.29, 1.82) is 0 Å². The number of aromatic nitrogens is 1. The van der Waals surface area contributed by atoms with Gasteiger partial charge in [-0.15, -0.1) is 0 Å². The van der Waals surface area contributed by atoms with Gasteiger partial charge in [0.15, 0.2) is 0 Å². The quantitative estimate of drug-likeness (QED) is 0.902. The minimum Gasteiger partial charge on any atom is -0.343 e. The number of carbonyl (C=O) groups is 2. The number of aryl methyl sites for hydroxylation is 2. The first kappa shape index (κ1) is 14.7. The third kappa shape index (κ3) is 4.42. The van der Waals surface area contributed by atoms with Crippen molar-refractivity contribution in [2.45, 2.75) is 13.8 Å². The van der Waals surface area contributed by atoms with Gasteiger partial charge in [-0.3, -0.25) is 9.59 Å². The molecule has 1 aromatic heterocycles. The lowest BCUT2D eigenvalue weighted by atomic mass is 10.1. The van der Waals surface area contributed by atoms with E-state index >= 15 is 0 Å². The van der Waals surface area contributed by atoms with Crippen LogP contribution in [0.2, 0.25) is 0 Å². The second-order valence-corrected chi connectivity index (χ2v) is 4.76. The van der Waals surface area contributed by atoms with Crippen LogP contribution in [0, 0.1) is 13.8 Å². The molecule has 0 aliphatic heterocycles. The molecule has 0 saturated heterocycles. The van der Waals surface area contributed by atoms with Crippen molar-refractivity contribution in [3.63, 3.8) is 0 Å². The van der Waals surface area contributed by atoms with Gasteiger partial charge in [0.2, 0.25) is 5.91 Å². The fraction of sp³-hybridized carbons (Fsp3) is 0.188. The Bertz CT molecular complexity index is 651. The predicted molar refractivity (Wildman–Crippen MR) is 81.1 cm³/mol. The van der Waals surface area contributed by atoms with Crippen molar-refractivity contribution in [1.82, 2.24) is 10.3 Å². The van der Waals surface area contributed by atoms with Gasteiger partial charge < -0.3 is 10.6 Å². The zero-order chi connectivity index (χ0) is 15.2. The molecule has 0 saturated carbocycles. The van der Waals surface area contributed by atoms with E-state index in [0.717, 1.165) is 11.3 Å². The van der Waals surface area contributed by atoms with Gasteiger partial charge in [0.05, 0.1) is 6.54 Å². The summed E-state index contributed by atoms with van der Waals surface area (Å²) in [6, 6.07) is 12.5. The van der Waals surface area contributed by atoms with E-state index in [2.05, 4.69) is 15.6 Å². The van der Waals surface area contributed by atoms with E-state index in [9.17, 15) is 9.59 Å². The van der Waals surface area contributed by atoms with E-state index < -0.39 is 0 Å². The fourth-order valence-electron chi connectivity index (χ4n) is 1.77. The second-order valence-electron chi connectivity index (χ2n) is 4.76. The van der Waals surface area contributed by atoms with Crippen LogP contribution in [-0.2, 0) is 4.79 Å². The van der Waals surface area contributed by atoms with Gasteiger partial charge in [-0.2, -0.15) is 0 Å². The third-order valence-corrected chi connectivity index (χ3v) is 2.88. The molecule has 21 heavy (non-hydrogen) atoms. The van der Waals surface area contributed by atoms with E-state index in [1.807, 2.05) is 38.1 Å². The van der Waals surface area contributed by atoms with Crippen LogP contribution in [0.3, 0.4) is 0 Å².